The van der Waals surface area contributed by atoms with Crippen LogP contribution in [0.1, 0.15) is 32.4 Å². The summed E-state index contributed by atoms with van der Waals surface area (Å²) in [5.74, 6) is 0.842. The first-order valence-corrected chi connectivity index (χ1v) is 9.75. The summed E-state index contributed by atoms with van der Waals surface area (Å²) in [6.07, 6.45) is 1.80. The van der Waals surface area contributed by atoms with Gasteiger partial charge in [0.25, 0.3) is 5.56 Å². The summed E-state index contributed by atoms with van der Waals surface area (Å²) < 4.78 is 6.72. The summed E-state index contributed by atoms with van der Waals surface area (Å²) in [7, 11) is 1.44. The number of carbonyl (C=O) groups is 1. The highest BCUT2D eigenvalue weighted by Crippen LogP contribution is 2.24. The predicted octanol–water partition coefficient (Wildman–Crippen LogP) is 1.64. The fourth-order valence-electron chi connectivity index (χ4n) is 3.50. The molecule has 2 unspecified atom stereocenters. The molecule has 0 radical (unpaired) electrons. The molecular weight excluding hydrogens is 344 g/mol. The zero-order chi connectivity index (χ0) is 19.8. The first-order chi connectivity index (χ1) is 13.0. The Morgan fingerprint density at radius 2 is 2.11 bits per heavy atom. The largest absolute Gasteiger partial charge is 0.469 e. The van der Waals surface area contributed by atoms with E-state index in [1.54, 1.807) is 16.7 Å². The minimum Gasteiger partial charge on any atom is -0.469 e. The van der Waals surface area contributed by atoms with Gasteiger partial charge >= 0.3 is 5.97 Å². The van der Waals surface area contributed by atoms with Crippen LogP contribution in [0.15, 0.2) is 28.0 Å². The number of aryl methyl sites for hydroxylation is 1. The summed E-state index contributed by atoms with van der Waals surface area (Å²) in [5.41, 5.74) is 1.03. The van der Waals surface area contributed by atoms with E-state index >= 15 is 0 Å². The molecule has 1 N–H and O–H groups in total. The number of carbonyl (C=O) groups excluding carboxylic acids is 1. The second-order valence-corrected chi connectivity index (χ2v) is 7.11. The minimum absolute atomic E-state index is 0.0479. The van der Waals surface area contributed by atoms with E-state index in [2.05, 4.69) is 17.1 Å². The molecule has 1 aromatic rings. The normalized spacial score (nSPS) is 20.0. The number of pyridine rings is 1. The second-order valence-electron chi connectivity index (χ2n) is 7.11. The number of aliphatic imine (C=N–C) groups is 1. The third-order valence-electron chi connectivity index (χ3n) is 5.07. The van der Waals surface area contributed by atoms with Crippen LogP contribution in [-0.2, 0) is 16.1 Å². The van der Waals surface area contributed by atoms with Gasteiger partial charge in [0.1, 0.15) is 0 Å². The van der Waals surface area contributed by atoms with Gasteiger partial charge in [-0.3, -0.25) is 14.6 Å². The van der Waals surface area contributed by atoms with Gasteiger partial charge in [-0.25, -0.2) is 0 Å². The second kappa shape index (κ2) is 10.1. The Morgan fingerprint density at radius 1 is 1.33 bits per heavy atom. The number of unbranched alkanes of at least 4 members (excludes halogenated alkanes) is 1. The molecule has 0 aliphatic carbocycles. The average Bonchev–Trinajstić information content (AvgIpc) is 3.03. The number of methoxy groups -OCH3 is 1. The maximum absolute atomic E-state index is 11.9. The average molecular weight is 377 g/mol. The molecule has 150 valence electrons. The molecule has 27 heavy (non-hydrogen) atoms. The van der Waals surface area contributed by atoms with Crippen molar-refractivity contribution in [2.75, 3.05) is 33.3 Å². The van der Waals surface area contributed by atoms with Crippen LogP contribution in [-0.4, -0.2) is 54.7 Å². The van der Waals surface area contributed by atoms with Gasteiger partial charge in [0.15, 0.2) is 5.96 Å². The molecule has 0 spiro atoms. The number of rotatable bonds is 7. The van der Waals surface area contributed by atoms with Crippen molar-refractivity contribution in [2.45, 2.75) is 40.2 Å². The van der Waals surface area contributed by atoms with E-state index in [1.807, 2.05) is 19.9 Å². The molecule has 2 rings (SSSR count). The van der Waals surface area contributed by atoms with Crippen LogP contribution in [0.5, 0.6) is 0 Å². The van der Waals surface area contributed by atoms with Crippen molar-refractivity contribution in [1.82, 2.24) is 14.8 Å². The van der Waals surface area contributed by atoms with E-state index in [1.165, 1.54) is 7.11 Å². The molecule has 0 saturated carbocycles. The van der Waals surface area contributed by atoms with Gasteiger partial charge in [-0.15, -0.1) is 0 Å². The van der Waals surface area contributed by atoms with Crippen molar-refractivity contribution in [2.24, 2.45) is 16.8 Å². The summed E-state index contributed by atoms with van der Waals surface area (Å²) in [4.78, 5) is 30.7. The molecule has 1 fully saturated rings. The number of hydrogen-bond acceptors (Lipinski definition) is 4. The molecule has 1 aliphatic heterocycles. The van der Waals surface area contributed by atoms with Crippen LogP contribution in [0.4, 0.5) is 0 Å². The zero-order valence-electron chi connectivity index (χ0n) is 16.9. The molecule has 2 heterocycles. The van der Waals surface area contributed by atoms with Gasteiger partial charge in [-0.05, 0) is 38.7 Å². The number of ether oxygens (including phenoxy) is 1. The zero-order valence-corrected chi connectivity index (χ0v) is 16.9. The Bertz CT molecular complexity index is 713. The number of guanidine groups is 1. The predicted molar refractivity (Wildman–Crippen MR) is 107 cm³/mol. The summed E-state index contributed by atoms with van der Waals surface area (Å²) in [6.45, 7) is 9.69. The van der Waals surface area contributed by atoms with Crippen LogP contribution in [0, 0.1) is 18.8 Å². The highest BCUT2D eigenvalue weighted by atomic mass is 16.5. The van der Waals surface area contributed by atoms with Crippen LogP contribution in [0.2, 0.25) is 0 Å². The molecule has 7 heteroatoms. The Labute approximate surface area is 161 Å². The molecule has 7 nitrogen and oxygen atoms in total. The Morgan fingerprint density at radius 3 is 2.78 bits per heavy atom. The smallest absolute Gasteiger partial charge is 0.310 e. The maximum Gasteiger partial charge on any atom is 0.310 e. The standard InChI is InChI=1S/C20H32N4O3/c1-5-21-20(23-13-15(2)17(14-23)19(26)27-4)22-11-6-7-12-24-16(3)9-8-10-18(24)25/h8-10,15,17H,5-7,11-14H2,1-4H3,(H,21,22). The van der Waals surface area contributed by atoms with Crippen LogP contribution in [0.25, 0.3) is 0 Å². The molecule has 1 aromatic heterocycles. The van der Waals surface area contributed by atoms with Crippen molar-refractivity contribution >= 4 is 11.9 Å². The molecule has 2 atom stereocenters. The number of nitrogens with one attached hydrogen (secondary N) is 1. The quantitative estimate of drug-likeness (QED) is 0.339. The van der Waals surface area contributed by atoms with Crippen molar-refractivity contribution in [3.05, 3.63) is 34.2 Å². The van der Waals surface area contributed by atoms with Crippen LogP contribution in [0.3, 0.4) is 0 Å². The van der Waals surface area contributed by atoms with Crippen molar-refractivity contribution < 1.29 is 9.53 Å². The fraction of sp³-hybridized carbons (Fsp3) is 0.650. The maximum atomic E-state index is 11.9. The van der Waals surface area contributed by atoms with E-state index in [9.17, 15) is 9.59 Å². The molecule has 0 aromatic carbocycles. The summed E-state index contributed by atoms with van der Waals surface area (Å²) in [5, 5.41) is 3.32. The molecule has 0 amide bonds. The summed E-state index contributed by atoms with van der Waals surface area (Å²) in [6, 6.07) is 5.34. The number of likely N-dealkylation sites (tertiary alicyclic amines) is 1. The third-order valence-corrected chi connectivity index (χ3v) is 5.07. The number of hydrogen-bond donors (Lipinski definition) is 1. The monoisotopic (exact) mass is 376 g/mol. The van der Waals surface area contributed by atoms with Gasteiger partial charge in [0, 0.05) is 44.5 Å². The van der Waals surface area contributed by atoms with E-state index in [0.717, 1.165) is 37.6 Å². The molecule has 1 aliphatic rings. The lowest BCUT2D eigenvalue weighted by Gasteiger charge is -2.21. The Balaban J connectivity index is 1.88. The van der Waals surface area contributed by atoms with Crippen LogP contribution < -0.4 is 10.9 Å². The first kappa shape index (κ1) is 21.0. The summed E-state index contributed by atoms with van der Waals surface area (Å²) >= 11 is 0. The lowest BCUT2D eigenvalue weighted by atomic mass is 9.99. The number of aromatic nitrogens is 1. The third kappa shape index (κ3) is 5.58. The fourth-order valence-corrected chi connectivity index (χ4v) is 3.50. The molecule has 0 bridgehead atoms. The Hall–Kier alpha value is -2.31. The highest BCUT2D eigenvalue weighted by molar-refractivity contribution is 5.82. The van der Waals surface area contributed by atoms with Gasteiger partial charge in [0.05, 0.1) is 13.0 Å². The number of nitrogens with zero attached hydrogens (tertiary/aromatic N) is 3. The lowest BCUT2D eigenvalue weighted by molar-refractivity contribution is -0.145. The first-order valence-electron chi connectivity index (χ1n) is 9.75. The van der Waals surface area contributed by atoms with E-state index in [0.29, 0.717) is 19.6 Å². The van der Waals surface area contributed by atoms with Gasteiger partial charge in [-0.2, -0.15) is 0 Å². The van der Waals surface area contributed by atoms with Gasteiger partial charge < -0.3 is 19.5 Å². The van der Waals surface area contributed by atoms with Crippen LogP contribution >= 0.6 is 0 Å². The number of esters is 1. The van der Waals surface area contributed by atoms with E-state index in [4.69, 9.17) is 9.73 Å². The van der Waals surface area contributed by atoms with Gasteiger partial charge in [0.2, 0.25) is 0 Å². The van der Waals surface area contributed by atoms with E-state index in [-0.39, 0.29) is 23.4 Å². The highest BCUT2D eigenvalue weighted by Gasteiger charge is 2.36. The molecule has 1 saturated heterocycles. The minimum atomic E-state index is -0.149. The van der Waals surface area contributed by atoms with Crippen molar-refractivity contribution in [3.63, 3.8) is 0 Å². The SMILES string of the molecule is CCNC(=NCCCCn1c(C)cccc1=O)N1CC(C)C(C(=O)OC)C1. The topological polar surface area (TPSA) is 75.9 Å². The Kier molecular flexibility index (Phi) is 7.88. The van der Waals surface area contributed by atoms with E-state index < -0.39 is 0 Å². The van der Waals surface area contributed by atoms with Crippen molar-refractivity contribution in [1.29, 1.82) is 0 Å². The molecular formula is C20H32N4O3. The van der Waals surface area contributed by atoms with Crippen molar-refractivity contribution in [3.8, 4) is 0 Å². The van der Waals surface area contributed by atoms with Gasteiger partial charge in [-0.1, -0.05) is 13.0 Å². The lowest BCUT2D eigenvalue weighted by Crippen LogP contribution is -2.40.